The van der Waals surface area contributed by atoms with Crippen molar-refractivity contribution in [3.8, 4) is 0 Å². The number of hydrogen-bond acceptors (Lipinski definition) is 22. The molecule has 680 valence electrons. The van der Waals surface area contributed by atoms with Gasteiger partial charge in [0.2, 0.25) is 65.2 Å². The minimum Gasteiger partial charge on any atom is -0.363 e. The smallest absolute Gasteiger partial charge is 0.246 e. The molecule has 0 aliphatic carbocycles. The van der Waals surface area contributed by atoms with Crippen LogP contribution in [-0.2, 0) is 111 Å². The van der Waals surface area contributed by atoms with Gasteiger partial charge in [-0.2, -0.15) is 10.2 Å². The zero-order valence-corrected chi connectivity index (χ0v) is 74.6. The number of hydrogen-bond donors (Lipinski definition) is 10. The van der Waals surface area contributed by atoms with E-state index in [0.29, 0.717) is 91.5 Å². The van der Waals surface area contributed by atoms with Crippen LogP contribution in [0.5, 0.6) is 0 Å². The van der Waals surface area contributed by atoms with Crippen LogP contribution in [0.4, 0.5) is 58.8 Å². The number of aryl methyl sites for hydroxylation is 4. The van der Waals surface area contributed by atoms with Gasteiger partial charge in [0.15, 0.2) is 11.6 Å². The molecular formula is C100H98N28O7. The Morgan fingerprint density at radius 2 is 0.681 bits per heavy atom. The van der Waals surface area contributed by atoms with Crippen molar-refractivity contribution in [1.29, 1.82) is 0 Å². The molecule has 0 bridgehead atoms. The first-order valence-electron chi connectivity index (χ1n) is 43.4. The number of fused-ring (bicyclic) bond motifs is 5. The standard InChI is InChI=1S/C21H21N5O2.3C20H20N6O.C19H17N5O2/c1-14-15(2)25-28-20(14)24-19(27)13-26-18-11-7-6-10-17(18)23-21(26)22-12-16-8-4-3-5-9-16;1-25-12-18(22-14-25)24-19(27)13-26-17-10-6-5-9-16(17)23-20(26)21-11-15-7-3-2-4-8-15;1-25-12-11-18(24-25)23-19(27)14-26-17-10-6-5-9-16(17)22-20(26)21-13-15-7-3-2-4-8-15;1-25-18(11-12-22-25)24-19(27)14-26-17-10-6-5-9-16(17)23-20(26)21-13-15-7-3-2-4-8-15;25-18(22-15-11-21-26-13-15)12-24-17-9-5-4-8-16(17)23-19(24)20-10-14-6-2-1-3-7-14/h3-11H,12-13H2,1-2H3,(H,22,23)(H,24,27);2-10,12,14H,11,13H2,1H3,(H,21,23)(H,24,27);2-12H,13-14H2,1H3,(H,21,22)(H,23,24,27);2-12H,13-14H2,1H3,(H,21,23)(H,24,27);1-9,11,13H,10,12H2,(H,20,23)(H,22,25). The third-order valence-corrected chi connectivity index (χ3v) is 21.4. The van der Waals surface area contributed by atoms with E-state index >= 15 is 0 Å². The first kappa shape index (κ1) is 90.3. The predicted molar refractivity (Wildman–Crippen MR) is 523 cm³/mol. The van der Waals surface area contributed by atoms with Gasteiger partial charge in [-0.25, -0.2) is 29.9 Å². The molecular weight excluding hydrogens is 1710 g/mol. The summed E-state index contributed by atoms with van der Waals surface area (Å²) in [6, 6.07) is 92.7. The second-order valence-corrected chi connectivity index (χ2v) is 31.3. The molecule has 0 saturated heterocycles. The van der Waals surface area contributed by atoms with E-state index in [0.717, 1.165) is 94.2 Å². The van der Waals surface area contributed by atoms with Gasteiger partial charge in [-0.1, -0.05) is 223 Å². The van der Waals surface area contributed by atoms with Crippen LogP contribution in [0.1, 0.15) is 39.1 Å². The summed E-state index contributed by atoms with van der Waals surface area (Å²) in [4.78, 5) is 90.0. The molecule has 0 aliphatic heterocycles. The van der Waals surface area contributed by atoms with Crippen LogP contribution >= 0.6 is 0 Å². The monoisotopic (exact) mass is 1800 g/mol. The molecule has 135 heavy (non-hydrogen) atoms. The second-order valence-electron chi connectivity index (χ2n) is 31.3. The second kappa shape index (κ2) is 43.8. The predicted octanol–water partition coefficient (Wildman–Crippen LogP) is 16.2. The Hall–Kier alpha value is -18.1. The third-order valence-electron chi connectivity index (χ3n) is 21.4. The van der Waals surface area contributed by atoms with Crippen molar-refractivity contribution in [1.82, 2.24) is 87.2 Å². The number of nitrogens with one attached hydrogen (secondary N) is 10. The number of para-hydroxylation sites is 10. The van der Waals surface area contributed by atoms with Crippen LogP contribution in [0.25, 0.3) is 55.2 Å². The highest BCUT2D eigenvalue weighted by molar-refractivity contribution is 5.96. The summed E-state index contributed by atoms with van der Waals surface area (Å²) < 4.78 is 24.4. The van der Waals surface area contributed by atoms with Gasteiger partial charge < -0.3 is 84.3 Å². The molecule has 10 N–H and O–H groups in total. The van der Waals surface area contributed by atoms with E-state index in [-0.39, 0.29) is 62.3 Å². The molecule has 0 unspecified atom stereocenters. The minimum atomic E-state index is -0.204. The van der Waals surface area contributed by atoms with Gasteiger partial charge in [-0.15, -0.1) is 0 Å². The molecule has 20 rings (SSSR count). The van der Waals surface area contributed by atoms with Crippen LogP contribution in [0.3, 0.4) is 0 Å². The average molecular weight is 1800 g/mol. The van der Waals surface area contributed by atoms with E-state index in [4.69, 9.17) is 9.05 Å². The minimum absolute atomic E-state index is 0.108. The molecule has 0 saturated carbocycles. The topological polar surface area (TPSA) is 400 Å². The maximum atomic E-state index is 12.6. The first-order chi connectivity index (χ1) is 66.0. The third kappa shape index (κ3) is 24.1. The number of rotatable bonds is 30. The Bertz CT molecular complexity index is 7170. The SMILES string of the molecule is Cc1noc(NC(=O)Cn2c(NCc3ccccc3)nc3ccccc32)c1C.Cn1ccc(NC(=O)Cn2c(NCc3ccccc3)nc3ccccc32)n1.Cn1cnc(NC(=O)Cn2c(NCc3ccccc3)nc3ccccc32)c1.Cn1nccc1NC(=O)Cn1c(NCc2ccccc2)nc2ccccc21.O=C(Cn1c(NCc2ccccc2)nc2ccccc21)Nc1cnoc1. The van der Waals surface area contributed by atoms with Crippen molar-refractivity contribution in [3.63, 3.8) is 0 Å². The van der Waals surface area contributed by atoms with Crippen LogP contribution in [-0.4, -0.2) is 117 Å². The van der Waals surface area contributed by atoms with Gasteiger partial charge in [0.25, 0.3) is 0 Å². The van der Waals surface area contributed by atoms with Crippen LogP contribution in [0.15, 0.2) is 332 Å². The highest BCUT2D eigenvalue weighted by Gasteiger charge is 2.22. The lowest BCUT2D eigenvalue weighted by Gasteiger charge is -2.11. The van der Waals surface area contributed by atoms with Crippen molar-refractivity contribution < 1.29 is 33.0 Å². The van der Waals surface area contributed by atoms with Crippen molar-refractivity contribution in [3.05, 3.63) is 362 Å². The van der Waals surface area contributed by atoms with Crippen molar-refractivity contribution in [2.45, 2.75) is 79.3 Å². The van der Waals surface area contributed by atoms with Gasteiger partial charge in [-0.3, -0.25) is 38.7 Å². The number of aromatic nitrogens is 18. The Balaban J connectivity index is 0.000000123. The molecule has 35 heteroatoms. The zero-order chi connectivity index (χ0) is 93.2. The lowest BCUT2D eigenvalue weighted by atomic mass is 10.2. The summed E-state index contributed by atoms with van der Waals surface area (Å²) in [6.07, 6.45) is 9.69. The molecule has 0 spiro atoms. The molecule has 10 aromatic heterocycles. The Morgan fingerprint density at radius 3 is 0.978 bits per heavy atom. The molecule has 5 amide bonds. The highest BCUT2D eigenvalue weighted by Crippen LogP contribution is 2.28. The number of benzene rings is 10. The van der Waals surface area contributed by atoms with E-state index in [1.165, 1.54) is 12.5 Å². The van der Waals surface area contributed by atoms with Gasteiger partial charge in [0.05, 0.1) is 79.6 Å². The summed E-state index contributed by atoms with van der Waals surface area (Å²) in [5, 5.41) is 46.5. The van der Waals surface area contributed by atoms with E-state index in [1.807, 2.05) is 312 Å². The molecule has 0 fully saturated rings. The molecule has 10 aromatic carbocycles. The molecule has 0 aliphatic rings. The van der Waals surface area contributed by atoms with Gasteiger partial charge in [-0.05, 0) is 102 Å². The molecule has 0 radical (unpaired) electrons. The highest BCUT2D eigenvalue weighted by atomic mass is 16.5. The molecule has 35 nitrogen and oxygen atoms in total. The Kier molecular flexibility index (Phi) is 29.3. The first-order valence-corrected chi connectivity index (χ1v) is 43.4. The lowest BCUT2D eigenvalue weighted by molar-refractivity contribution is -0.117. The van der Waals surface area contributed by atoms with E-state index < -0.39 is 0 Å². The van der Waals surface area contributed by atoms with E-state index in [2.05, 4.69) is 116 Å². The maximum Gasteiger partial charge on any atom is 0.246 e. The zero-order valence-electron chi connectivity index (χ0n) is 74.6. The molecule has 10 heterocycles. The molecule has 20 aromatic rings. The van der Waals surface area contributed by atoms with Crippen LogP contribution in [0.2, 0.25) is 0 Å². The number of amides is 5. The summed E-state index contributed by atoms with van der Waals surface area (Å²) in [5.41, 5.74) is 16.5. The summed E-state index contributed by atoms with van der Waals surface area (Å²) in [7, 11) is 5.46. The van der Waals surface area contributed by atoms with Crippen molar-refractivity contribution in [2.24, 2.45) is 21.1 Å². The van der Waals surface area contributed by atoms with Gasteiger partial charge >= 0.3 is 0 Å². The fourth-order valence-electron chi connectivity index (χ4n) is 14.6. The largest absolute Gasteiger partial charge is 0.363 e. The lowest BCUT2D eigenvalue weighted by Crippen LogP contribution is -2.21. The van der Waals surface area contributed by atoms with Crippen LogP contribution < -0.4 is 53.2 Å². The normalized spacial score (nSPS) is 10.9. The Morgan fingerprint density at radius 1 is 0.356 bits per heavy atom. The number of nitrogens with zero attached hydrogens (tertiary/aromatic N) is 18. The maximum absolute atomic E-state index is 12.6. The summed E-state index contributed by atoms with van der Waals surface area (Å²) in [6.45, 7) is 7.52. The van der Waals surface area contributed by atoms with Crippen molar-refractivity contribution in [2.75, 3.05) is 53.2 Å². The number of carbonyl (C=O) groups is 5. The summed E-state index contributed by atoms with van der Waals surface area (Å²) >= 11 is 0. The fraction of sp³-hybridized carbons (Fsp3) is 0.150. The van der Waals surface area contributed by atoms with E-state index in [1.54, 1.807) is 58.0 Å². The van der Waals surface area contributed by atoms with E-state index in [9.17, 15) is 24.0 Å². The molecule has 0 atom stereocenters. The van der Waals surface area contributed by atoms with Crippen LogP contribution in [0, 0.1) is 13.8 Å². The summed E-state index contributed by atoms with van der Waals surface area (Å²) in [5.74, 6) is 4.56. The van der Waals surface area contributed by atoms with Gasteiger partial charge in [0, 0.05) is 84.0 Å². The number of anilines is 10. The number of imidazole rings is 6. The Labute approximate surface area is 774 Å². The van der Waals surface area contributed by atoms with Crippen molar-refractivity contribution >= 4 is 143 Å². The average Bonchev–Trinajstić information content (AvgIpc) is 1.67. The van der Waals surface area contributed by atoms with Gasteiger partial charge in [0.1, 0.15) is 50.5 Å². The number of carbonyl (C=O) groups excluding carboxylic acids is 5. The quantitative estimate of drug-likeness (QED) is 0.0200. The fourth-order valence-corrected chi connectivity index (χ4v) is 14.6.